The molecule has 1 heterocycles. The van der Waals surface area contributed by atoms with E-state index in [1.54, 1.807) is 36.5 Å². The number of carbonyl (C=O) groups is 2. The predicted octanol–water partition coefficient (Wildman–Crippen LogP) is 2.78. The monoisotopic (exact) mass is 403 g/mol. The first-order valence-electron chi connectivity index (χ1n) is 9.89. The summed E-state index contributed by atoms with van der Waals surface area (Å²) in [6.45, 7) is 0.420. The number of pyridine rings is 1. The molecule has 2 aromatic carbocycles. The molecule has 0 aliphatic heterocycles. The number of aliphatic hydroxyl groups is 1. The van der Waals surface area contributed by atoms with Crippen molar-refractivity contribution in [2.45, 2.75) is 18.6 Å². The number of Topliss-reactive ketones (excluding diaryl/α,β-unsaturated/α-hetero) is 1. The van der Waals surface area contributed by atoms with E-state index in [1.165, 1.54) is 0 Å². The smallest absolute Gasteiger partial charge is 0.269 e. The molecule has 2 unspecified atom stereocenters. The minimum absolute atomic E-state index is 0.0571. The van der Waals surface area contributed by atoms with Gasteiger partial charge in [-0.15, -0.1) is 0 Å². The van der Waals surface area contributed by atoms with E-state index in [2.05, 4.69) is 15.6 Å². The van der Waals surface area contributed by atoms with Gasteiger partial charge in [0.15, 0.2) is 5.78 Å². The predicted molar refractivity (Wildman–Crippen MR) is 115 cm³/mol. The highest BCUT2D eigenvalue weighted by atomic mass is 16.3. The molecular formula is C24H25N3O3. The summed E-state index contributed by atoms with van der Waals surface area (Å²) in [7, 11) is 0. The van der Waals surface area contributed by atoms with E-state index in [4.69, 9.17) is 0 Å². The van der Waals surface area contributed by atoms with Gasteiger partial charge in [0.05, 0.1) is 12.6 Å². The second-order valence-electron chi connectivity index (χ2n) is 6.89. The second kappa shape index (κ2) is 11.0. The molecule has 0 saturated heterocycles. The van der Waals surface area contributed by atoms with Gasteiger partial charge < -0.3 is 15.7 Å². The van der Waals surface area contributed by atoms with Crippen molar-refractivity contribution in [1.29, 1.82) is 0 Å². The van der Waals surface area contributed by atoms with Crippen LogP contribution in [0.4, 0.5) is 0 Å². The Kier molecular flexibility index (Phi) is 7.83. The fourth-order valence-corrected chi connectivity index (χ4v) is 3.13. The van der Waals surface area contributed by atoms with Crippen molar-refractivity contribution in [3.05, 3.63) is 102 Å². The number of nitrogens with one attached hydrogen (secondary N) is 2. The number of ketones is 1. The quantitative estimate of drug-likeness (QED) is 0.453. The lowest BCUT2D eigenvalue weighted by molar-refractivity contribution is 0.0907. The normalized spacial score (nSPS) is 12.7. The van der Waals surface area contributed by atoms with Crippen LogP contribution in [-0.2, 0) is 0 Å². The number of nitrogens with zero attached hydrogens (tertiary/aromatic N) is 1. The lowest BCUT2D eigenvalue weighted by Gasteiger charge is -2.24. The molecular weight excluding hydrogens is 378 g/mol. The summed E-state index contributed by atoms with van der Waals surface area (Å²) >= 11 is 0. The summed E-state index contributed by atoms with van der Waals surface area (Å²) in [6.07, 6.45) is 1.19. The molecule has 0 radical (unpaired) electrons. The Labute approximate surface area is 176 Å². The van der Waals surface area contributed by atoms with Gasteiger partial charge in [0.1, 0.15) is 5.69 Å². The van der Waals surface area contributed by atoms with E-state index in [0.29, 0.717) is 24.2 Å². The molecule has 0 spiro atoms. The van der Waals surface area contributed by atoms with Gasteiger partial charge in [0.25, 0.3) is 5.91 Å². The summed E-state index contributed by atoms with van der Waals surface area (Å²) in [6, 6.07) is 23.0. The Morgan fingerprint density at radius 2 is 1.57 bits per heavy atom. The Bertz CT molecular complexity index is 934. The van der Waals surface area contributed by atoms with Gasteiger partial charge in [-0.3, -0.25) is 14.6 Å². The van der Waals surface area contributed by atoms with Crippen LogP contribution in [0.2, 0.25) is 0 Å². The number of hydrogen-bond acceptors (Lipinski definition) is 5. The number of carbonyl (C=O) groups excluding carboxylic acids is 2. The van der Waals surface area contributed by atoms with Gasteiger partial charge in [-0.05, 0) is 24.1 Å². The van der Waals surface area contributed by atoms with Crippen LogP contribution >= 0.6 is 0 Å². The van der Waals surface area contributed by atoms with Gasteiger partial charge >= 0.3 is 0 Å². The topological polar surface area (TPSA) is 91.3 Å². The molecule has 0 bridgehead atoms. The van der Waals surface area contributed by atoms with Gasteiger partial charge in [-0.1, -0.05) is 66.7 Å². The van der Waals surface area contributed by atoms with Crippen LogP contribution in [0.5, 0.6) is 0 Å². The first-order valence-corrected chi connectivity index (χ1v) is 9.89. The zero-order valence-electron chi connectivity index (χ0n) is 16.6. The fourth-order valence-electron chi connectivity index (χ4n) is 3.13. The van der Waals surface area contributed by atoms with Crippen molar-refractivity contribution in [1.82, 2.24) is 15.6 Å². The van der Waals surface area contributed by atoms with E-state index in [0.717, 1.165) is 5.56 Å². The third kappa shape index (κ3) is 6.07. The molecule has 3 aromatic rings. The molecule has 1 amide bonds. The molecule has 3 rings (SSSR count). The summed E-state index contributed by atoms with van der Waals surface area (Å²) in [5.74, 6) is -0.331. The SMILES string of the molecule is O=C(CNC(CCNC(=O)c1ccccn1)C(O)c1ccccc1)c1ccccc1. The summed E-state index contributed by atoms with van der Waals surface area (Å²) in [5, 5.41) is 16.8. The van der Waals surface area contributed by atoms with Gasteiger partial charge in [0.2, 0.25) is 0 Å². The number of hydrogen-bond donors (Lipinski definition) is 3. The van der Waals surface area contributed by atoms with Crippen LogP contribution < -0.4 is 10.6 Å². The van der Waals surface area contributed by atoms with Crippen molar-refractivity contribution < 1.29 is 14.7 Å². The minimum atomic E-state index is -0.818. The van der Waals surface area contributed by atoms with Crippen LogP contribution in [0.15, 0.2) is 85.1 Å². The first-order chi connectivity index (χ1) is 14.6. The van der Waals surface area contributed by atoms with E-state index < -0.39 is 12.1 Å². The highest BCUT2D eigenvalue weighted by molar-refractivity contribution is 5.97. The van der Waals surface area contributed by atoms with Crippen molar-refractivity contribution >= 4 is 11.7 Å². The number of amides is 1. The molecule has 0 saturated carbocycles. The average Bonchev–Trinajstić information content (AvgIpc) is 2.82. The van der Waals surface area contributed by atoms with E-state index in [9.17, 15) is 14.7 Å². The Morgan fingerprint density at radius 1 is 0.900 bits per heavy atom. The van der Waals surface area contributed by atoms with Crippen molar-refractivity contribution in [2.75, 3.05) is 13.1 Å². The highest BCUT2D eigenvalue weighted by Gasteiger charge is 2.22. The van der Waals surface area contributed by atoms with Crippen LogP contribution in [0.1, 0.15) is 38.9 Å². The number of aliphatic hydroxyl groups excluding tert-OH is 1. The zero-order chi connectivity index (χ0) is 21.2. The largest absolute Gasteiger partial charge is 0.387 e. The molecule has 154 valence electrons. The standard InChI is InChI=1S/C24H25N3O3/c28-22(18-9-3-1-4-10-18)17-27-20(23(29)19-11-5-2-6-12-19)14-16-26-24(30)21-13-7-8-15-25-21/h1-13,15,20,23,27,29H,14,16-17H2,(H,26,30). The summed E-state index contributed by atoms with van der Waals surface area (Å²) in [5.41, 5.74) is 1.70. The number of rotatable bonds is 10. The minimum Gasteiger partial charge on any atom is -0.387 e. The fraction of sp³-hybridized carbons (Fsp3) is 0.208. The van der Waals surface area contributed by atoms with E-state index in [-0.39, 0.29) is 18.2 Å². The molecule has 0 aliphatic rings. The third-order valence-corrected chi connectivity index (χ3v) is 4.78. The van der Waals surface area contributed by atoms with Crippen molar-refractivity contribution in [3.63, 3.8) is 0 Å². The third-order valence-electron chi connectivity index (χ3n) is 4.78. The molecule has 1 aromatic heterocycles. The van der Waals surface area contributed by atoms with Crippen LogP contribution in [0.3, 0.4) is 0 Å². The van der Waals surface area contributed by atoms with E-state index >= 15 is 0 Å². The maximum Gasteiger partial charge on any atom is 0.269 e. The molecule has 6 heteroatoms. The number of aromatic nitrogens is 1. The summed E-state index contributed by atoms with van der Waals surface area (Å²) in [4.78, 5) is 28.7. The van der Waals surface area contributed by atoms with Crippen LogP contribution in [-0.4, -0.2) is 40.9 Å². The second-order valence-corrected chi connectivity index (χ2v) is 6.89. The van der Waals surface area contributed by atoms with Crippen molar-refractivity contribution in [3.8, 4) is 0 Å². The molecule has 2 atom stereocenters. The Hall–Kier alpha value is -3.35. The molecule has 6 nitrogen and oxygen atoms in total. The van der Waals surface area contributed by atoms with Gasteiger partial charge in [0, 0.05) is 24.3 Å². The lowest BCUT2D eigenvalue weighted by Crippen LogP contribution is -2.41. The first kappa shape index (κ1) is 21.4. The molecule has 30 heavy (non-hydrogen) atoms. The average molecular weight is 403 g/mol. The lowest BCUT2D eigenvalue weighted by atomic mass is 9.99. The molecule has 3 N–H and O–H groups in total. The highest BCUT2D eigenvalue weighted by Crippen LogP contribution is 2.18. The van der Waals surface area contributed by atoms with Crippen LogP contribution in [0, 0.1) is 0 Å². The Morgan fingerprint density at radius 3 is 2.23 bits per heavy atom. The summed E-state index contributed by atoms with van der Waals surface area (Å²) < 4.78 is 0. The van der Waals surface area contributed by atoms with Crippen LogP contribution in [0.25, 0.3) is 0 Å². The Balaban J connectivity index is 1.61. The zero-order valence-corrected chi connectivity index (χ0v) is 16.6. The van der Waals surface area contributed by atoms with Crippen molar-refractivity contribution in [2.24, 2.45) is 0 Å². The number of benzene rings is 2. The van der Waals surface area contributed by atoms with Gasteiger partial charge in [-0.25, -0.2) is 0 Å². The molecule has 0 aliphatic carbocycles. The van der Waals surface area contributed by atoms with E-state index in [1.807, 2.05) is 48.5 Å². The van der Waals surface area contributed by atoms with Gasteiger partial charge in [-0.2, -0.15) is 0 Å². The maximum absolute atomic E-state index is 12.5. The maximum atomic E-state index is 12.5. The molecule has 0 fully saturated rings.